The van der Waals surface area contributed by atoms with Crippen LogP contribution in [0.2, 0.25) is 0 Å². The lowest BCUT2D eigenvalue weighted by Crippen LogP contribution is -2.54. The van der Waals surface area contributed by atoms with E-state index in [-0.39, 0.29) is 29.8 Å². The number of hydrogen-bond acceptors (Lipinski definition) is 5. The second-order valence-corrected chi connectivity index (χ2v) is 8.97. The summed E-state index contributed by atoms with van der Waals surface area (Å²) in [5.74, 6) is -1.07. The highest BCUT2D eigenvalue weighted by Crippen LogP contribution is 2.36. The van der Waals surface area contributed by atoms with Crippen molar-refractivity contribution in [1.29, 1.82) is 5.26 Å². The van der Waals surface area contributed by atoms with Crippen LogP contribution >= 0.6 is 0 Å². The van der Waals surface area contributed by atoms with E-state index in [1.165, 1.54) is 18.2 Å². The fourth-order valence-corrected chi connectivity index (χ4v) is 4.66. The Bertz CT molecular complexity index is 1380. The fourth-order valence-electron chi connectivity index (χ4n) is 4.66. The third kappa shape index (κ3) is 5.94. The van der Waals surface area contributed by atoms with Gasteiger partial charge in [-0.2, -0.15) is 18.4 Å². The number of hydrogen-bond donors (Lipinski definition) is 3. The number of benzene rings is 3. The number of aliphatic carboxylic acids is 1. The van der Waals surface area contributed by atoms with E-state index in [0.29, 0.717) is 29.8 Å². The minimum atomic E-state index is -4.69. The Morgan fingerprint density at radius 2 is 1.82 bits per heavy atom. The zero-order valence-electron chi connectivity index (χ0n) is 20.4. The molecule has 4 rings (SSSR count). The van der Waals surface area contributed by atoms with Crippen LogP contribution in [0, 0.1) is 11.3 Å². The topological polar surface area (TPSA) is 96.6 Å². The summed E-state index contributed by atoms with van der Waals surface area (Å²) in [6.45, 7) is 0.485. The summed E-state index contributed by atoms with van der Waals surface area (Å²) in [6.07, 6.45) is -1.93. The van der Waals surface area contributed by atoms with Gasteiger partial charge >= 0.3 is 12.1 Å². The van der Waals surface area contributed by atoms with Gasteiger partial charge in [0.1, 0.15) is 12.1 Å². The van der Waals surface area contributed by atoms with Gasteiger partial charge in [-0.15, -0.1) is 0 Å². The first-order valence-corrected chi connectivity index (χ1v) is 12.0. The summed E-state index contributed by atoms with van der Waals surface area (Å²) >= 11 is 0. The first-order valence-electron chi connectivity index (χ1n) is 12.0. The summed E-state index contributed by atoms with van der Waals surface area (Å²) in [7, 11) is 0. The lowest BCUT2D eigenvalue weighted by molar-refractivity contribution is -0.144. The molecular formula is C29H26F3N3O3. The molecule has 1 aliphatic heterocycles. The third-order valence-electron chi connectivity index (χ3n) is 6.60. The van der Waals surface area contributed by atoms with Gasteiger partial charge in [0.2, 0.25) is 0 Å². The van der Waals surface area contributed by atoms with E-state index in [0.717, 1.165) is 11.6 Å². The monoisotopic (exact) mass is 521 g/mol. The molecule has 0 spiro atoms. The van der Waals surface area contributed by atoms with Crippen LogP contribution in [0.15, 0.2) is 60.7 Å². The molecule has 1 aliphatic rings. The molecule has 0 amide bonds. The van der Waals surface area contributed by atoms with Gasteiger partial charge in [0.15, 0.2) is 0 Å². The number of carboxylic acids is 1. The normalized spacial score (nSPS) is 16.4. The number of rotatable bonds is 7. The molecule has 0 bridgehead atoms. The lowest BCUT2D eigenvalue weighted by Gasteiger charge is -2.34. The lowest BCUT2D eigenvalue weighted by atomic mass is 9.94. The average molecular weight is 522 g/mol. The van der Waals surface area contributed by atoms with Gasteiger partial charge in [-0.05, 0) is 39.9 Å². The molecule has 0 aliphatic carbocycles. The fraction of sp³-hybridized carbons (Fsp3) is 0.241. The Hall–Kier alpha value is -3.97. The third-order valence-corrected chi connectivity index (χ3v) is 6.60. The number of nitrogens with one attached hydrogen (secondary N) is 1. The largest absolute Gasteiger partial charge is 0.480 e. The number of aliphatic hydroxyl groups is 1. The maximum Gasteiger partial charge on any atom is 0.416 e. The van der Waals surface area contributed by atoms with Crippen molar-refractivity contribution >= 4 is 18.1 Å². The highest BCUT2D eigenvalue weighted by molar-refractivity contribution is 5.81. The van der Waals surface area contributed by atoms with E-state index in [9.17, 15) is 33.4 Å². The molecule has 6 nitrogen and oxygen atoms in total. The van der Waals surface area contributed by atoms with Crippen LogP contribution in [0.1, 0.15) is 33.4 Å². The van der Waals surface area contributed by atoms with Crippen molar-refractivity contribution in [3.05, 3.63) is 94.0 Å². The SMILES string of the molecule is N#Cc1c(/C=C/c2cc(CO)c(CN3CCNCC3C(=O)O)cc2C(F)(F)F)cccc1-c1ccccc1. The van der Waals surface area contributed by atoms with Gasteiger partial charge in [0.25, 0.3) is 0 Å². The summed E-state index contributed by atoms with van der Waals surface area (Å²) < 4.78 is 42.4. The van der Waals surface area contributed by atoms with Crippen LogP contribution in [0.25, 0.3) is 23.3 Å². The maximum absolute atomic E-state index is 14.1. The van der Waals surface area contributed by atoms with E-state index < -0.39 is 30.4 Å². The molecule has 9 heteroatoms. The molecule has 38 heavy (non-hydrogen) atoms. The number of carbonyl (C=O) groups is 1. The van der Waals surface area contributed by atoms with Gasteiger partial charge in [-0.3, -0.25) is 9.69 Å². The summed E-state index contributed by atoms with van der Waals surface area (Å²) in [5.41, 5.74) is 1.71. The number of halogens is 3. The molecule has 3 N–H and O–H groups in total. The summed E-state index contributed by atoms with van der Waals surface area (Å²) in [5, 5.41) is 32.3. The minimum absolute atomic E-state index is 0.0423. The van der Waals surface area contributed by atoms with E-state index in [2.05, 4.69) is 11.4 Å². The Morgan fingerprint density at radius 1 is 1.08 bits per heavy atom. The van der Waals surface area contributed by atoms with Crippen LogP contribution in [0.4, 0.5) is 13.2 Å². The number of nitriles is 1. The first-order chi connectivity index (χ1) is 18.2. The van der Waals surface area contributed by atoms with Crippen molar-refractivity contribution in [2.45, 2.75) is 25.4 Å². The zero-order chi connectivity index (χ0) is 27.3. The Balaban J connectivity index is 1.74. The molecular weight excluding hydrogens is 495 g/mol. The van der Waals surface area contributed by atoms with Crippen molar-refractivity contribution in [3.63, 3.8) is 0 Å². The van der Waals surface area contributed by atoms with Gasteiger partial charge in [-0.1, -0.05) is 60.7 Å². The number of aliphatic hydroxyl groups excluding tert-OH is 1. The molecule has 3 aromatic rings. The van der Waals surface area contributed by atoms with Crippen LogP contribution in [0.5, 0.6) is 0 Å². The van der Waals surface area contributed by atoms with Crippen LogP contribution < -0.4 is 5.32 Å². The summed E-state index contributed by atoms with van der Waals surface area (Å²) in [6, 6.07) is 18.0. The highest BCUT2D eigenvalue weighted by Gasteiger charge is 2.35. The Labute approximate surface area is 218 Å². The molecule has 0 saturated carbocycles. The second kappa shape index (κ2) is 11.6. The molecule has 1 atom stereocenters. The molecule has 1 unspecified atom stereocenters. The molecule has 0 radical (unpaired) electrons. The quantitative estimate of drug-likeness (QED) is 0.388. The van der Waals surface area contributed by atoms with Crippen LogP contribution in [0.3, 0.4) is 0 Å². The second-order valence-electron chi connectivity index (χ2n) is 8.97. The van der Waals surface area contributed by atoms with Crippen molar-refractivity contribution < 1.29 is 28.2 Å². The minimum Gasteiger partial charge on any atom is -0.480 e. The zero-order valence-corrected chi connectivity index (χ0v) is 20.4. The molecule has 1 heterocycles. The molecule has 0 aromatic heterocycles. The van der Waals surface area contributed by atoms with Gasteiger partial charge in [-0.25, -0.2) is 0 Å². The Kier molecular flexibility index (Phi) is 8.27. The Morgan fingerprint density at radius 3 is 2.47 bits per heavy atom. The number of piperazine rings is 1. The number of nitrogens with zero attached hydrogens (tertiary/aromatic N) is 2. The maximum atomic E-state index is 14.1. The van der Waals surface area contributed by atoms with Crippen LogP contribution in [-0.2, 0) is 24.1 Å². The standard InChI is InChI=1S/C29H26F3N3O3/c30-29(31,32)26-14-22(17-35-12-11-34-16-27(35)28(37)38)23(18-36)13-21(26)10-9-20-7-4-8-24(25(20)15-33)19-5-2-1-3-6-19/h1-10,13-14,27,34,36H,11-12,16-18H2,(H,37,38)/b10-9+. The van der Waals surface area contributed by atoms with Gasteiger partial charge in [0.05, 0.1) is 17.7 Å². The molecule has 1 saturated heterocycles. The average Bonchev–Trinajstić information content (AvgIpc) is 2.91. The molecule has 3 aromatic carbocycles. The van der Waals surface area contributed by atoms with E-state index in [1.54, 1.807) is 23.1 Å². The van der Waals surface area contributed by atoms with Crippen molar-refractivity contribution in [3.8, 4) is 17.2 Å². The van der Waals surface area contributed by atoms with Gasteiger partial charge < -0.3 is 15.5 Å². The smallest absolute Gasteiger partial charge is 0.416 e. The van der Waals surface area contributed by atoms with Gasteiger partial charge in [0, 0.05) is 31.7 Å². The summed E-state index contributed by atoms with van der Waals surface area (Å²) in [4.78, 5) is 13.2. The number of alkyl halides is 3. The van der Waals surface area contributed by atoms with E-state index >= 15 is 0 Å². The molecule has 196 valence electrons. The highest BCUT2D eigenvalue weighted by atomic mass is 19.4. The predicted molar refractivity (Wildman–Crippen MR) is 138 cm³/mol. The van der Waals surface area contributed by atoms with Crippen molar-refractivity contribution in [1.82, 2.24) is 10.2 Å². The first kappa shape index (κ1) is 27.1. The number of carboxylic acid groups (broad SMARTS) is 1. The van der Waals surface area contributed by atoms with Crippen LogP contribution in [-0.4, -0.2) is 46.8 Å². The van der Waals surface area contributed by atoms with E-state index in [4.69, 9.17) is 0 Å². The predicted octanol–water partition coefficient (Wildman–Crippen LogP) is 4.77. The molecule has 1 fully saturated rings. The van der Waals surface area contributed by atoms with Crippen molar-refractivity contribution in [2.75, 3.05) is 19.6 Å². The van der Waals surface area contributed by atoms with Crippen molar-refractivity contribution in [2.24, 2.45) is 0 Å². The van der Waals surface area contributed by atoms with E-state index in [1.807, 2.05) is 30.3 Å².